The van der Waals surface area contributed by atoms with E-state index in [0.717, 1.165) is 11.6 Å². The quantitative estimate of drug-likeness (QED) is 0.872. The fraction of sp³-hybridized carbons (Fsp3) is 0.0769. The van der Waals surface area contributed by atoms with E-state index in [0.29, 0.717) is 0 Å². The van der Waals surface area contributed by atoms with Gasteiger partial charge in [0.25, 0.3) is 0 Å². The van der Waals surface area contributed by atoms with Crippen LogP contribution < -0.4 is 0 Å². The minimum absolute atomic E-state index is 0.114. The van der Waals surface area contributed by atoms with Crippen LogP contribution in [0.15, 0.2) is 52.3 Å². The molecule has 0 radical (unpaired) electrons. The summed E-state index contributed by atoms with van der Waals surface area (Å²) in [5.41, 5.74) is 0.814. The normalized spacial score (nSPS) is 11.4. The zero-order chi connectivity index (χ0) is 13.3. The number of phenols is 2. The first-order valence-electron chi connectivity index (χ1n) is 5.25. The molecule has 0 saturated carbocycles. The third-order valence-electron chi connectivity index (χ3n) is 2.53. The zero-order valence-corrected chi connectivity index (χ0v) is 10.5. The highest BCUT2D eigenvalue weighted by Crippen LogP contribution is 2.31. The molecule has 0 unspecified atom stereocenters. The number of rotatable bonds is 2. The summed E-state index contributed by atoms with van der Waals surface area (Å²) in [7, 11) is -3.77. The van der Waals surface area contributed by atoms with E-state index in [9.17, 15) is 13.5 Å². The minimum Gasteiger partial charge on any atom is -0.508 e. The highest BCUT2D eigenvalue weighted by Gasteiger charge is 2.21. The summed E-state index contributed by atoms with van der Waals surface area (Å²) >= 11 is 0. The lowest BCUT2D eigenvalue weighted by Gasteiger charge is -2.07. The third kappa shape index (κ3) is 2.17. The number of benzene rings is 2. The molecule has 2 rings (SSSR count). The fourth-order valence-electron chi connectivity index (χ4n) is 1.64. The number of aromatic hydroxyl groups is 2. The molecule has 0 atom stereocenters. The van der Waals surface area contributed by atoms with Crippen molar-refractivity contribution in [1.82, 2.24) is 0 Å². The van der Waals surface area contributed by atoms with E-state index in [1.807, 2.05) is 0 Å². The summed E-state index contributed by atoms with van der Waals surface area (Å²) in [6.07, 6.45) is 0. The summed E-state index contributed by atoms with van der Waals surface area (Å²) < 4.78 is 24.6. The lowest BCUT2D eigenvalue weighted by Crippen LogP contribution is -2.02. The van der Waals surface area contributed by atoms with E-state index >= 15 is 0 Å². The standard InChI is InChI=1S/C13H12O4S/c1-9-3-2-4-11(7-9)18(16,17)13-6-5-10(14)8-12(13)15/h2-8,14-15H,1H3. The van der Waals surface area contributed by atoms with Crippen LogP contribution in [0.25, 0.3) is 0 Å². The maximum Gasteiger partial charge on any atom is 0.210 e. The van der Waals surface area contributed by atoms with Gasteiger partial charge in [-0.15, -0.1) is 0 Å². The molecule has 0 aromatic heterocycles. The van der Waals surface area contributed by atoms with Gasteiger partial charge in [-0.3, -0.25) is 0 Å². The molecule has 0 fully saturated rings. The number of hydrogen-bond acceptors (Lipinski definition) is 4. The van der Waals surface area contributed by atoms with Crippen LogP contribution in [-0.2, 0) is 9.84 Å². The van der Waals surface area contributed by atoms with Crippen molar-refractivity contribution < 1.29 is 18.6 Å². The monoisotopic (exact) mass is 264 g/mol. The van der Waals surface area contributed by atoms with Crippen LogP contribution >= 0.6 is 0 Å². The van der Waals surface area contributed by atoms with E-state index in [2.05, 4.69) is 0 Å². The molecule has 18 heavy (non-hydrogen) atoms. The largest absolute Gasteiger partial charge is 0.508 e. The second-order valence-electron chi connectivity index (χ2n) is 3.97. The zero-order valence-electron chi connectivity index (χ0n) is 9.66. The summed E-state index contributed by atoms with van der Waals surface area (Å²) in [5.74, 6) is -0.646. The Kier molecular flexibility index (Phi) is 3.00. The van der Waals surface area contributed by atoms with Crippen LogP contribution in [0.2, 0.25) is 0 Å². The van der Waals surface area contributed by atoms with Gasteiger partial charge in [0.1, 0.15) is 16.4 Å². The molecule has 0 aliphatic carbocycles. The molecule has 5 heteroatoms. The maximum absolute atomic E-state index is 12.3. The Bertz CT molecular complexity index is 690. The van der Waals surface area contributed by atoms with Gasteiger partial charge in [-0.1, -0.05) is 12.1 Å². The molecule has 0 spiro atoms. The Morgan fingerprint density at radius 1 is 1.00 bits per heavy atom. The van der Waals surface area contributed by atoms with Gasteiger partial charge in [-0.05, 0) is 36.8 Å². The number of sulfone groups is 1. The van der Waals surface area contributed by atoms with Crippen LogP contribution in [0.5, 0.6) is 11.5 Å². The highest BCUT2D eigenvalue weighted by atomic mass is 32.2. The first-order valence-corrected chi connectivity index (χ1v) is 6.73. The molecular weight excluding hydrogens is 252 g/mol. The second-order valence-corrected chi connectivity index (χ2v) is 5.89. The average Bonchev–Trinajstić information content (AvgIpc) is 2.28. The molecule has 0 heterocycles. The van der Waals surface area contributed by atoms with Crippen LogP contribution in [0.3, 0.4) is 0 Å². The number of aryl methyl sites for hydroxylation is 1. The van der Waals surface area contributed by atoms with Crippen molar-refractivity contribution in [3.05, 3.63) is 48.0 Å². The topological polar surface area (TPSA) is 74.6 Å². The number of phenolic OH excluding ortho intramolecular Hbond substituents is 2. The van der Waals surface area contributed by atoms with Gasteiger partial charge in [-0.2, -0.15) is 0 Å². The fourth-order valence-corrected chi connectivity index (χ4v) is 3.08. The molecule has 2 aromatic carbocycles. The molecule has 0 bridgehead atoms. The first-order chi connectivity index (χ1) is 8.41. The number of hydrogen-bond donors (Lipinski definition) is 2. The Labute approximate surface area is 105 Å². The summed E-state index contributed by atoms with van der Waals surface area (Å²) in [6.45, 7) is 1.79. The van der Waals surface area contributed by atoms with Crippen molar-refractivity contribution in [2.75, 3.05) is 0 Å². The first kappa shape index (κ1) is 12.4. The lowest BCUT2D eigenvalue weighted by atomic mass is 10.2. The Hall–Kier alpha value is -2.01. The Balaban J connectivity index is 2.62. The van der Waals surface area contributed by atoms with E-state index < -0.39 is 15.6 Å². The summed E-state index contributed by atoms with van der Waals surface area (Å²) in [4.78, 5) is -0.102. The van der Waals surface area contributed by atoms with Crippen molar-refractivity contribution in [2.45, 2.75) is 16.7 Å². The van der Waals surface area contributed by atoms with E-state index in [1.54, 1.807) is 19.1 Å². The van der Waals surface area contributed by atoms with Crippen LogP contribution in [0, 0.1) is 6.92 Å². The molecule has 0 amide bonds. The SMILES string of the molecule is Cc1cccc(S(=O)(=O)c2ccc(O)cc2O)c1. The average molecular weight is 264 g/mol. The van der Waals surface area contributed by atoms with Crippen LogP contribution in [-0.4, -0.2) is 18.6 Å². The lowest BCUT2D eigenvalue weighted by molar-refractivity contribution is 0.439. The molecule has 2 aromatic rings. The molecule has 2 N–H and O–H groups in total. The van der Waals surface area contributed by atoms with E-state index in [-0.39, 0.29) is 15.5 Å². The summed E-state index contributed by atoms with van der Waals surface area (Å²) in [5, 5.41) is 18.8. The van der Waals surface area contributed by atoms with Gasteiger partial charge < -0.3 is 10.2 Å². The van der Waals surface area contributed by atoms with Gasteiger partial charge in [0.15, 0.2) is 0 Å². The molecule has 94 valence electrons. The van der Waals surface area contributed by atoms with E-state index in [1.165, 1.54) is 24.3 Å². The molecular formula is C13H12O4S. The van der Waals surface area contributed by atoms with Crippen molar-refractivity contribution in [3.63, 3.8) is 0 Å². The highest BCUT2D eigenvalue weighted by molar-refractivity contribution is 7.91. The van der Waals surface area contributed by atoms with E-state index in [4.69, 9.17) is 5.11 Å². The predicted molar refractivity (Wildman–Crippen MR) is 66.4 cm³/mol. The van der Waals surface area contributed by atoms with Crippen molar-refractivity contribution in [2.24, 2.45) is 0 Å². The smallest absolute Gasteiger partial charge is 0.210 e. The second kappa shape index (κ2) is 4.34. The molecule has 0 aliphatic rings. The molecule has 4 nitrogen and oxygen atoms in total. The minimum atomic E-state index is -3.77. The third-order valence-corrected chi connectivity index (χ3v) is 4.33. The molecule has 0 aliphatic heterocycles. The van der Waals surface area contributed by atoms with Crippen molar-refractivity contribution in [1.29, 1.82) is 0 Å². The van der Waals surface area contributed by atoms with Gasteiger partial charge in [0.05, 0.1) is 4.90 Å². The van der Waals surface area contributed by atoms with Crippen LogP contribution in [0.4, 0.5) is 0 Å². The van der Waals surface area contributed by atoms with Gasteiger partial charge in [-0.25, -0.2) is 8.42 Å². The van der Waals surface area contributed by atoms with Gasteiger partial charge >= 0.3 is 0 Å². The summed E-state index contributed by atoms with van der Waals surface area (Å²) in [6, 6.07) is 9.83. The van der Waals surface area contributed by atoms with Gasteiger partial charge in [0.2, 0.25) is 9.84 Å². The van der Waals surface area contributed by atoms with Gasteiger partial charge in [0, 0.05) is 6.07 Å². The maximum atomic E-state index is 12.3. The van der Waals surface area contributed by atoms with Crippen molar-refractivity contribution >= 4 is 9.84 Å². The predicted octanol–water partition coefficient (Wildman–Crippen LogP) is 2.24. The van der Waals surface area contributed by atoms with Crippen molar-refractivity contribution in [3.8, 4) is 11.5 Å². The Morgan fingerprint density at radius 2 is 1.72 bits per heavy atom. The molecule has 0 saturated heterocycles. The van der Waals surface area contributed by atoms with Crippen LogP contribution in [0.1, 0.15) is 5.56 Å². The Morgan fingerprint density at radius 3 is 2.33 bits per heavy atom.